The molecule has 2 aromatic rings. The van der Waals surface area contributed by atoms with E-state index in [0.29, 0.717) is 17.4 Å². The zero-order valence-corrected chi connectivity index (χ0v) is 13.5. The zero-order valence-electron chi connectivity index (χ0n) is 11.9. The number of nitrogens with zero attached hydrogens (tertiary/aromatic N) is 1. The third-order valence-electron chi connectivity index (χ3n) is 4.43. The van der Waals surface area contributed by atoms with Crippen LogP contribution in [0.2, 0.25) is 0 Å². The first kappa shape index (κ1) is 14.5. The minimum atomic E-state index is 0.00817. The van der Waals surface area contributed by atoms with E-state index in [2.05, 4.69) is 26.2 Å². The second kappa shape index (κ2) is 6.56. The zero-order chi connectivity index (χ0) is 14.7. The van der Waals surface area contributed by atoms with Gasteiger partial charge in [0.1, 0.15) is 0 Å². The smallest absolute Gasteiger partial charge is 0.252 e. The van der Waals surface area contributed by atoms with Crippen LogP contribution < -0.4 is 5.32 Å². The predicted molar refractivity (Wildman–Crippen MR) is 88.7 cm³/mol. The molecule has 1 aliphatic carbocycles. The van der Waals surface area contributed by atoms with Gasteiger partial charge in [-0.2, -0.15) is 0 Å². The molecule has 0 radical (unpaired) electrons. The summed E-state index contributed by atoms with van der Waals surface area (Å²) >= 11 is 3.58. The number of aromatic nitrogens is 1. The van der Waals surface area contributed by atoms with E-state index in [1.54, 1.807) is 12.3 Å². The van der Waals surface area contributed by atoms with Gasteiger partial charge in [-0.25, -0.2) is 0 Å². The highest BCUT2D eigenvalue weighted by Crippen LogP contribution is 2.32. The quantitative estimate of drug-likeness (QED) is 0.856. The van der Waals surface area contributed by atoms with Crippen LogP contribution in [0, 0.1) is 11.8 Å². The summed E-state index contributed by atoms with van der Waals surface area (Å²) in [5, 5.41) is 5.06. The normalized spacial score (nSPS) is 21.6. The van der Waals surface area contributed by atoms with Crippen molar-refractivity contribution in [1.82, 2.24) is 10.3 Å². The third-order valence-corrected chi connectivity index (χ3v) is 5.26. The summed E-state index contributed by atoms with van der Waals surface area (Å²) in [5.74, 6) is 1.30. The highest BCUT2D eigenvalue weighted by Gasteiger charge is 2.26. The van der Waals surface area contributed by atoms with E-state index in [9.17, 15) is 4.79 Å². The van der Waals surface area contributed by atoms with Crippen LogP contribution >= 0.6 is 15.9 Å². The Labute approximate surface area is 133 Å². The summed E-state index contributed by atoms with van der Waals surface area (Å²) in [7, 11) is 0. The molecule has 110 valence electrons. The monoisotopic (exact) mass is 346 g/mol. The molecule has 3 nitrogen and oxygen atoms in total. The number of pyridine rings is 1. The van der Waals surface area contributed by atoms with Crippen molar-refractivity contribution in [3.8, 4) is 0 Å². The molecule has 0 bridgehead atoms. The lowest BCUT2D eigenvalue weighted by Gasteiger charge is -2.18. The van der Waals surface area contributed by atoms with Crippen molar-refractivity contribution in [1.29, 1.82) is 0 Å². The summed E-state index contributed by atoms with van der Waals surface area (Å²) in [4.78, 5) is 16.8. The molecular formula is C17H19BrN2O. The molecule has 1 amide bonds. The van der Waals surface area contributed by atoms with E-state index < -0.39 is 0 Å². The third kappa shape index (κ3) is 3.10. The van der Waals surface area contributed by atoms with Gasteiger partial charge in [0.2, 0.25) is 0 Å². The molecule has 3 rings (SSSR count). The van der Waals surface area contributed by atoms with E-state index in [4.69, 9.17) is 0 Å². The number of carbonyl (C=O) groups excluding carboxylic acids is 1. The summed E-state index contributed by atoms with van der Waals surface area (Å²) in [6, 6.07) is 9.57. The average Bonchev–Trinajstić information content (AvgIpc) is 2.99. The molecule has 2 atom stereocenters. The van der Waals surface area contributed by atoms with E-state index in [1.807, 2.05) is 24.3 Å². The van der Waals surface area contributed by atoms with Gasteiger partial charge in [0.15, 0.2) is 0 Å². The minimum Gasteiger partial charge on any atom is -0.352 e. The van der Waals surface area contributed by atoms with Crippen molar-refractivity contribution in [2.24, 2.45) is 11.8 Å². The van der Waals surface area contributed by atoms with Gasteiger partial charge in [0, 0.05) is 23.5 Å². The largest absolute Gasteiger partial charge is 0.352 e. The van der Waals surface area contributed by atoms with Crippen LogP contribution in [0.3, 0.4) is 0 Å². The fourth-order valence-corrected chi connectivity index (χ4v) is 4.05. The number of fused-ring (bicyclic) bond motifs is 1. The lowest BCUT2D eigenvalue weighted by Crippen LogP contribution is -2.31. The van der Waals surface area contributed by atoms with Gasteiger partial charge < -0.3 is 5.32 Å². The van der Waals surface area contributed by atoms with Crippen LogP contribution in [0.25, 0.3) is 10.9 Å². The standard InChI is InChI=1S/C17H19BrN2O/c18-10-12-4-3-5-13(12)11-20-17(21)15-8-9-19-16-7-2-1-6-14(15)16/h1-2,6-9,12-13H,3-5,10-11H2,(H,20,21). The number of hydrogen-bond acceptors (Lipinski definition) is 2. The van der Waals surface area contributed by atoms with Crippen molar-refractivity contribution in [2.75, 3.05) is 11.9 Å². The van der Waals surface area contributed by atoms with Crippen LogP contribution in [-0.2, 0) is 0 Å². The Morgan fingerprint density at radius 3 is 2.90 bits per heavy atom. The molecule has 1 saturated carbocycles. The molecule has 1 heterocycles. The Balaban J connectivity index is 1.72. The maximum Gasteiger partial charge on any atom is 0.252 e. The molecule has 1 aromatic carbocycles. The Hall–Kier alpha value is -1.42. The number of rotatable bonds is 4. The van der Waals surface area contributed by atoms with Crippen LogP contribution in [0.1, 0.15) is 29.6 Å². The van der Waals surface area contributed by atoms with Gasteiger partial charge in [0.05, 0.1) is 11.1 Å². The first-order chi connectivity index (χ1) is 10.3. The molecule has 0 aliphatic heterocycles. The van der Waals surface area contributed by atoms with Gasteiger partial charge in [-0.05, 0) is 36.8 Å². The predicted octanol–water partition coefficient (Wildman–Crippen LogP) is 3.78. The summed E-state index contributed by atoms with van der Waals surface area (Å²) in [6.45, 7) is 0.770. The van der Waals surface area contributed by atoms with Crippen molar-refractivity contribution in [3.63, 3.8) is 0 Å². The molecule has 1 N–H and O–H groups in total. The van der Waals surface area contributed by atoms with Gasteiger partial charge in [0.25, 0.3) is 5.91 Å². The van der Waals surface area contributed by atoms with Crippen LogP contribution in [-0.4, -0.2) is 22.8 Å². The lowest BCUT2D eigenvalue weighted by molar-refractivity contribution is 0.0946. The number of alkyl halides is 1. The maximum absolute atomic E-state index is 12.5. The second-order valence-corrected chi connectivity index (χ2v) is 6.34. The highest BCUT2D eigenvalue weighted by atomic mass is 79.9. The summed E-state index contributed by atoms with van der Waals surface area (Å²) < 4.78 is 0. The Kier molecular flexibility index (Phi) is 4.54. The molecule has 2 unspecified atom stereocenters. The van der Waals surface area contributed by atoms with Crippen LogP contribution in [0.5, 0.6) is 0 Å². The Bertz CT molecular complexity index is 638. The van der Waals surface area contributed by atoms with Gasteiger partial charge in [-0.3, -0.25) is 9.78 Å². The number of benzene rings is 1. The first-order valence-corrected chi connectivity index (χ1v) is 8.59. The SMILES string of the molecule is O=C(NCC1CCCC1CBr)c1ccnc2ccccc12. The van der Waals surface area contributed by atoms with Crippen LogP contribution in [0.15, 0.2) is 36.5 Å². The second-order valence-electron chi connectivity index (χ2n) is 5.69. The first-order valence-electron chi connectivity index (χ1n) is 7.47. The number of nitrogens with one attached hydrogen (secondary N) is 1. The Morgan fingerprint density at radius 1 is 1.24 bits per heavy atom. The topological polar surface area (TPSA) is 42.0 Å². The number of amides is 1. The van der Waals surface area contributed by atoms with Crippen molar-refractivity contribution >= 4 is 32.7 Å². The highest BCUT2D eigenvalue weighted by molar-refractivity contribution is 9.09. The van der Waals surface area contributed by atoms with Gasteiger partial charge in [-0.1, -0.05) is 40.5 Å². The average molecular weight is 347 g/mol. The fourth-order valence-electron chi connectivity index (χ4n) is 3.20. The Morgan fingerprint density at radius 2 is 2.05 bits per heavy atom. The fraction of sp³-hybridized carbons (Fsp3) is 0.412. The molecule has 0 spiro atoms. The molecule has 1 fully saturated rings. The van der Waals surface area contributed by atoms with Crippen LogP contribution in [0.4, 0.5) is 0 Å². The van der Waals surface area contributed by atoms with Crippen molar-refractivity contribution < 1.29 is 4.79 Å². The molecule has 21 heavy (non-hydrogen) atoms. The van der Waals surface area contributed by atoms with Gasteiger partial charge in [-0.15, -0.1) is 0 Å². The van der Waals surface area contributed by atoms with E-state index in [1.165, 1.54) is 19.3 Å². The minimum absolute atomic E-state index is 0.00817. The molecular weight excluding hydrogens is 328 g/mol. The molecule has 1 aromatic heterocycles. The number of hydrogen-bond donors (Lipinski definition) is 1. The number of carbonyl (C=O) groups is 1. The van der Waals surface area contributed by atoms with E-state index in [0.717, 1.165) is 22.8 Å². The molecule has 0 saturated heterocycles. The lowest BCUT2D eigenvalue weighted by atomic mass is 9.98. The van der Waals surface area contributed by atoms with Gasteiger partial charge >= 0.3 is 0 Å². The molecule has 1 aliphatic rings. The van der Waals surface area contributed by atoms with Crippen molar-refractivity contribution in [2.45, 2.75) is 19.3 Å². The van der Waals surface area contributed by atoms with E-state index in [-0.39, 0.29) is 5.91 Å². The summed E-state index contributed by atoms with van der Waals surface area (Å²) in [5.41, 5.74) is 1.58. The maximum atomic E-state index is 12.5. The molecule has 4 heteroatoms. The van der Waals surface area contributed by atoms with Crippen molar-refractivity contribution in [3.05, 3.63) is 42.1 Å². The number of para-hydroxylation sites is 1. The number of halogens is 1. The van der Waals surface area contributed by atoms with E-state index >= 15 is 0 Å². The summed E-state index contributed by atoms with van der Waals surface area (Å²) in [6.07, 6.45) is 5.46.